The lowest BCUT2D eigenvalue weighted by Gasteiger charge is -2.39. The summed E-state index contributed by atoms with van der Waals surface area (Å²) in [5, 5.41) is 24.2. The molecule has 0 unspecified atom stereocenters. The number of carbonyl (C=O) groups excluding carboxylic acids is 1. The fourth-order valence-corrected chi connectivity index (χ4v) is 4.97. The summed E-state index contributed by atoms with van der Waals surface area (Å²) >= 11 is 0. The zero-order valence-electron chi connectivity index (χ0n) is 22.7. The number of benzene rings is 1. The molecule has 0 aliphatic carbocycles. The van der Waals surface area contributed by atoms with Gasteiger partial charge in [-0.05, 0) is 32.8 Å². The maximum absolute atomic E-state index is 15.4. The van der Waals surface area contributed by atoms with Gasteiger partial charge in [-0.2, -0.15) is 0 Å². The van der Waals surface area contributed by atoms with Crippen molar-refractivity contribution in [3.8, 4) is 0 Å². The number of aromatic nitrogens is 3. The molecule has 1 aliphatic heterocycles. The molecule has 39 heavy (non-hydrogen) atoms. The minimum absolute atomic E-state index is 0.0584. The Morgan fingerprint density at radius 2 is 1.87 bits per heavy atom. The summed E-state index contributed by atoms with van der Waals surface area (Å²) < 4.78 is 45.5. The van der Waals surface area contributed by atoms with Gasteiger partial charge in [-0.1, -0.05) is 39.0 Å². The van der Waals surface area contributed by atoms with Crippen LogP contribution >= 0.6 is 0 Å². The Kier molecular flexibility index (Phi) is 7.61. The second-order valence-corrected chi connectivity index (χ2v) is 11.2. The van der Waals surface area contributed by atoms with Gasteiger partial charge in [0.05, 0.1) is 22.6 Å². The van der Waals surface area contributed by atoms with Crippen LogP contribution in [0.4, 0.5) is 19.0 Å². The first-order valence-electron chi connectivity index (χ1n) is 12.9. The summed E-state index contributed by atoms with van der Waals surface area (Å²) in [5.41, 5.74) is -1.89. The minimum atomic E-state index is -3.39. The lowest BCUT2D eigenvalue weighted by atomic mass is 9.82. The van der Waals surface area contributed by atoms with Crippen molar-refractivity contribution in [1.82, 2.24) is 19.9 Å². The van der Waals surface area contributed by atoms with Crippen LogP contribution in [0, 0.1) is 18.2 Å². The fraction of sp³-hybridized carbons (Fsp3) is 0.500. The summed E-state index contributed by atoms with van der Waals surface area (Å²) in [7, 11) is 0. The van der Waals surface area contributed by atoms with Gasteiger partial charge in [0, 0.05) is 35.3 Å². The second-order valence-electron chi connectivity index (χ2n) is 11.2. The van der Waals surface area contributed by atoms with E-state index in [4.69, 9.17) is 5.11 Å². The molecular formula is C28H34F3N5O3. The monoisotopic (exact) mass is 545 g/mol. The molecule has 1 aromatic carbocycles. The summed E-state index contributed by atoms with van der Waals surface area (Å²) in [6.07, 6.45) is 1.80. The number of aliphatic hydroxyl groups excluding tert-OH is 1. The maximum atomic E-state index is 15.4. The van der Waals surface area contributed by atoms with E-state index in [1.165, 1.54) is 44.1 Å². The highest BCUT2D eigenvalue weighted by atomic mass is 19.3. The first-order chi connectivity index (χ1) is 18.2. The van der Waals surface area contributed by atoms with Crippen molar-refractivity contribution in [2.75, 3.05) is 25.0 Å². The smallest absolute Gasteiger partial charge is 0.280 e. The standard InChI is InChI=1S/C28H34F3N5O3/c1-16(18-7-6-8-20(23(18)29)28(30,31)26(3,4)5)34-24-19-13-21(17(2)35-25(19)33-15-32-24)27(39)9-11-36(12-10-27)22(38)14-37/h6-8,13,15-16,37,39H,9-12,14H2,1-5H3,(H,32,33,34,35)/t16-/m1/s1. The predicted molar refractivity (Wildman–Crippen MR) is 141 cm³/mol. The summed E-state index contributed by atoms with van der Waals surface area (Å²) in [6, 6.07) is 4.97. The van der Waals surface area contributed by atoms with Crippen molar-refractivity contribution in [1.29, 1.82) is 0 Å². The molecule has 4 rings (SSSR count). The number of pyridine rings is 1. The Labute approximate surface area is 225 Å². The van der Waals surface area contributed by atoms with Gasteiger partial charge >= 0.3 is 0 Å². The molecule has 3 N–H and O–H groups in total. The van der Waals surface area contributed by atoms with Crippen LogP contribution in [0.5, 0.6) is 0 Å². The SMILES string of the molecule is Cc1nc2ncnc(N[C@H](C)c3cccc(C(F)(F)C(C)(C)C)c3F)c2cc1C1(O)CCN(C(=O)CO)CC1. The van der Waals surface area contributed by atoms with Crippen LogP contribution in [-0.4, -0.2) is 55.7 Å². The molecule has 2 aromatic heterocycles. The number of piperidine rings is 1. The molecule has 8 nitrogen and oxygen atoms in total. The van der Waals surface area contributed by atoms with Crippen LogP contribution in [0.3, 0.4) is 0 Å². The third-order valence-electron chi connectivity index (χ3n) is 7.52. The largest absolute Gasteiger partial charge is 0.387 e. The Hall–Kier alpha value is -3.31. The molecule has 1 aliphatic rings. The number of carbonyl (C=O) groups is 1. The number of aliphatic hydroxyl groups is 2. The van der Waals surface area contributed by atoms with E-state index in [-0.39, 0.29) is 31.5 Å². The van der Waals surface area contributed by atoms with Crippen LogP contribution < -0.4 is 5.32 Å². The van der Waals surface area contributed by atoms with Crippen molar-refractivity contribution in [2.45, 2.75) is 65.0 Å². The van der Waals surface area contributed by atoms with Crippen LogP contribution in [0.25, 0.3) is 11.0 Å². The van der Waals surface area contributed by atoms with E-state index < -0.39 is 46.9 Å². The molecule has 11 heteroatoms. The number of anilines is 1. The Balaban J connectivity index is 1.68. The van der Waals surface area contributed by atoms with Gasteiger partial charge in [-0.15, -0.1) is 0 Å². The van der Waals surface area contributed by atoms with Crippen LogP contribution in [-0.2, 0) is 16.3 Å². The van der Waals surface area contributed by atoms with Gasteiger partial charge in [0.15, 0.2) is 5.65 Å². The quantitative estimate of drug-likeness (QED) is 0.416. The van der Waals surface area contributed by atoms with E-state index >= 15 is 13.2 Å². The highest BCUT2D eigenvalue weighted by Gasteiger charge is 2.47. The van der Waals surface area contributed by atoms with E-state index in [0.29, 0.717) is 28.1 Å². The zero-order valence-corrected chi connectivity index (χ0v) is 22.7. The number of amides is 1. The van der Waals surface area contributed by atoms with Crippen molar-refractivity contribution in [3.63, 3.8) is 0 Å². The number of halogens is 3. The van der Waals surface area contributed by atoms with Crippen molar-refractivity contribution >= 4 is 22.8 Å². The number of fused-ring (bicyclic) bond motifs is 1. The molecule has 3 aromatic rings. The molecule has 3 heterocycles. The average molecular weight is 546 g/mol. The van der Waals surface area contributed by atoms with E-state index in [9.17, 15) is 9.90 Å². The molecule has 0 radical (unpaired) electrons. The van der Waals surface area contributed by atoms with E-state index in [2.05, 4.69) is 20.3 Å². The molecule has 0 spiro atoms. The minimum Gasteiger partial charge on any atom is -0.387 e. The van der Waals surface area contributed by atoms with E-state index in [1.807, 2.05) is 0 Å². The van der Waals surface area contributed by atoms with Crippen LogP contribution in [0.15, 0.2) is 30.6 Å². The van der Waals surface area contributed by atoms with Crippen LogP contribution in [0.1, 0.15) is 69.0 Å². The third kappa shape index (κ3) is 5.29. The number of nitrogens with zero attached hydrogens (tertiary/aromatic N) is 4. The Bertz CT molecular complexity index is 1380. The average Bonchev–Trinajstić information content (AvgIpc) is 2.87. The maximum Gasteiger partial charge on any atom is 0.280 e. The number of likely N-dealkylation sites (tertiary alicyclic amines) is 1. The third-order valence-corrected chi connectivity index (χ3v) is 7.52. The van der Waals surface area contributed by atoms with Gasteiger partial charge < -0.3 is 20.4 Å². The molecular weight excluding hydrogens is 511 g/mol. The van der Waals surface area contributed by atoms with Gasteiger partial charge in [-0.25, -0.2) is 28.1 Å². The number of alkyl halides is 2. The highest BCUT2D eigenvalue weighted by Crippen LogP contribution is 2.46. The lowest BCUT2D eigenvalue weighted by molar-refractivity contribution is -0.138. The number of nitrogens with one attached hydrogen (secondary N) is 1. The highest BCUT2D eigenvalue weighted by molar-refractivity contribution is 5.87. The van der Waals surface area contributed by atoms with Gasteiger partial charge in [0.2, 0.25) is 5.91 Å². The topological polar surface area (TPSA) is 111 Å². The molecule has 210 valence electrons. The summed E-state index contributed by atoms with van der Waals surface area (Å²) in [6.45, 7) is 7.46. The molecule has 1 amide bonds. The Morgan fingerprint density at radius 3 is 2.49 bits per heavy atom. The Morgan fingerprint density at radius 1 is 1.21 bits per heavy atom. The first kappa shape index (κ1) is 28.7. The number of hydrogen-bond donors (Lipinski definition) is 3. The summed E-state index contributed by atoms with van der Waals surface area (Å²) in [4.78, 5) is 26.4. The van der Waals surface area contributed by atoms with Crippen molar-refractivity contribution < 1.29 is 28.2 Å². The zero-order chi connectivity index (χ0) is 28.8. The van der Waals surface area contributed by atoms with Gasteiger partial charge in [0.1, 0.15) is 24.6 Å². The number of rotatable bonds is 6. The van der Waals surface area contributed by atoms with Gasteiger partial charge in [0.25, 0.3) is 5.92 Å². The van der Waals surface area contributed by atoms with Crippen molar-refractivity contribution in [3.05, 3.63) is 58.8 Å². The normalized spacial score (nSPS) is 16.8. The summed E-state index contributed by atoms with van der Waals surface area (Å²) in [5.74, 6) is -4.46. The first-order valence-corrected chi connectivity index (χ1v) is 12.9. The molecule has 0 saturated carbocycles. The lowest BCUT2D eigenvalue weighted by Crippen LogP contribution is -2.46. The molecule has 1 saturated heterocycles. The van der Waals surface area contributed by atoms with Gasteiger partial charge in [-0.3, -0.25) is 4.79 Å². The van der Waals surface area contributed by atoms with E-state index in [1.54, 1.807) is 19.9 Å². The molecule has 0 bridgehead atoms. The van der Waals surface area contributed by atoms with E-state index in [0.717, 1.165) is 6.07 Å². The predicted octanol–water partition coefficient (Wildman–Crippen LogP) is 4.59. The van der Waals surface area contributed by atoms with Crippen molar-refractivity contribution in [2.24, 2.45) is 5.41 Å². The second kappa shape index (κ2) is 10.3. The van der Waals surface area contributed by atoms with Crippen LogP contribution in [0.2, 0.25) is 0 Å². The number of hydrogen-bond acceptors (Lipinski definition) is 7. The molecule has 1 fully saturated rings. The fourth-order valence-electron chi connectivity index (χ4n) is 4.97. The molecule has 1 atom stereocenters. The number of aryl methyl sites for hydroxylation is 1.